The van der Waals surface area contributed by atoms with Gasteiger partial charge >= 0.3 is 11.9 Å². The number of ether oxygens (including phenoxy) is 3. The van der Waals surface area contributed by atoms with Crippen molar-refractivity contribution < 1.29 is 33.4 Å². The second kappa shape index (κ2) is 10.8. The topological polar surface area (TPSA) is 111 Å². The average molecular weight is 489 g/mol. The van der Waals surface area contributed by atoms with Crippen LogP contribution in [0.25, 0.3) is 0 Å². The molecule has 2 heterocycles. The Morgan fingerprint density at radius 2 is 1.91 bits per heavy atom. The summed E-state index contributed by atoms with van der Waals surface area (Å²) in [5.74, 6) is -1.23. The molecule has 9 nitrogen and oxygen atoms in total. The minimum absolute atomic E-state index is 0.0651. The van der Waals surface area contributed by atoms with Crippen LogP contribution < -0.4 is 10.1 Å². The van der Waals surface area contributed by atoms with E-state index in [4.69, 9.17) is 14.2 Å². The summed E-state index contributed by atoms with van der Waals surface area (Å²) in [6.45, 7) is 6.84. The first-order valence-corrected chi connectivity index (χ1v) is 11.9. The molecular formula is C24H28N2O7S. The lowest BCUT2D eigenvalue weighted by atomic mass is 10.0. The van der Waals surface area contributed by atoms with E-state index < -0.39 is 40.8 Å². The normalized spacial score (nSPS) is 19.9. The van der Waals surface area contributed by atoms with Crippen LogP contribution >= 0.6 is 11.8 Å². The number of rotatable bonds is 8. The number of allylic oxidation sites excluding steroid dienone is 1. The summed E-state index contributed by atoms with van der Waals surface area (Å²) >= 11 is 1.37. The summed E-state index contributed by atoms with van der Waals surface area (Å²) in [6.07, 6.45) is 2.68. The van der Waals surface area contributed by atoms with Crippen molar-refractivity contribution in [3.05, 3.63) is 53.8 Å². The molecule has 34 heavy (non-hydrogen) atoms. The highest BCUT2D eigenvalue weighted by atomic mass is 32.2. The SMILES string of the molecule is CCOC(=O)C=CC1=C(C(=O)OC(C)(C)C)N2C(=O)C(NC(=O)COc3ccccc3)[C@H]2SC1. The number of nitrogens with one attached hydrogen (secondary N) is 1. The maximum Gasteiger partial charge on any atom is 0.355 e. The molecule has 0 radical (unpaired) electrons. The predicted octanol–water partition coefficient (Wildman–Crippen LogP) is 2.18. The minimum atomic E-state index is -0.801. The molecule has 0 aliphatic carbocycles. The lowest BCUT2D eigenvalue weighted by Gasteiger charge is -2.49. The van der Waals surface area contributed by atoms with Crippen molar-refractivity contribution in [3.8, 4) is 5.75 Å². The van der Waals surface area contributed by atoms with Gasteiger partial charge in [-0.25, -0.2) is 9.59 Å². The van der Waals surface area contributed by atoms with E-state index in [2.05, 4.69) is 5.32 Å². The molecule has 1 fully saturated rings. The zero-order chi connectivity index (χ0) is 24.9. The van der Waals surface area contributed by atoms with Crippen LogP contribution in [0.2, 0.25) is 0 Å². The summed E-state index contributed by atoms with van der Waals surface area (Å²) in [7, 11) is 0. The second-order valence-electron chi connectivity index (χ2n) is 8.52. The van der Waals surface area contributed by atoms with Gasteiger partial charge in [0.25, 0.3) is 11.8 Å². The van der Waals surface area contributed by atoms with Crippen LogP contribution in [0.1, 0.15) is 27.7 Å². The van der Waals surface area contributed by atoms with E-state index in [0.717, 1.165) is 0 Å². The Morgan fingerprint density at radius 1 is 1.21 bits per heavy atom. The van der Waals surface area contributed by atoms with Gasteiger partial charge in [-0.15, -0.1) is 11.8 Å². The third kappa shape index (κ3) is 6.19. The van der Waals surface area contributed by atoms with Crippen molar-refractivity contribution in [2.24, 2.45) is 0 Å². The Bertz CT molecular complexity index is 1010. The molecule has 2 atom stereocenters. The minimum Gasteiger partial charge on any atom is -0.484 e. The van der Waals surface area contributed by atoms with Gasteiger partial charge in [-0.05, 0) is 51.5 Å². The van der Waals surface area contributed by atoms with Gasteiger partial charge < -0.3 is 19.5 Å². The number of carbonyl (C=O) groups is 4. The van der Waals surface area contributed by atoms with Crippen molar-refractivity contribution in [1.29, 1.82) is 0 Å². The van der Waals surface area contributed by atoms with Gasteiger partial charge in [0.05, 0.1) is 6.61 Å². The summed E-state index contributed by atoms with van der Waals surface area (Å²) in [5, 5.41) is 2.21. The molecule has 3 rings (SSSR count). The average Bonchev–Trinajstić information content (AvgIpc) is 2.78. The molecule has 10 heteroatoms. The first kappa shape index (κ1) is 25.4. The van der Waals surface area contributed by atoms with Gasteiger partial charge in [0.2, 0.25) is 0 Å². The zero-order valence-electron chi connectivity index (χ0n) is 19.5. The fourth-order valence-electron chi connectivity index (χ4n) is 3.33. The third-order valence-corrected chi connectivity index (χ3v) is 6.03. The van der Waals surface area contributed by atoms with E-state index >= 15 is 0 Å². The van der Waals surface area contributed by atoms with Gasteiger partial charge in [0.15, 0.2) is 6.61 Å². The maximum atomic E-state index is 13.0. The highest BCUT2D eigenvalue weighted by Gasteiger charge is 2.54. The fraction of sp³-hybridized carbons (Fsp3) is 0.417. The van der Waals surface area contributed by atoms with Crippen LogP contribution in [0, 0.1) is 0 Å². The Kier molecular flexibility index (Phi) is 8.03. The number of fused-ring (bicyclic) bond motifs is 1. The second-order valence-corrected chi connectivity index (χ2v) is 9.62. The number of hydrogen-bond acceptors (Lipinski definition) is 8. The van der Waals surface area contributed by atoms with Gasteiger partial charge in [-0.3, -0.25) is 14.5 Å². The molecule has 0 aromatic heterocycles. The molecule has 2 amide bonds. The van der Waals surface area contributed by atoms with Gasteiger partial charge in [-0.2, -0.15) is 0 Å². The van der Waals surface area contributed by atoms with Crippen LogP contribution in [0.4, 0.5) is 0 Å². The van der Waals surface area contributed by atoms with Crippen LogP contribution in [0.3, 0.4) is 0 Å². The number of nitrogens with zero attached hydrogens (tertiary/aromatic N) is 1. The number of benzene rings is 1. The number of para-hydroxylation sites is 1. The first-order chi connectivity index (χ1) is 16.1. The number of carbonyl (C=O) groups excluding carboxylic acids is 4. The summed E-state index contributed by atoms with van der Waals surface area (Å²) in [6, 6.07) is 8.06. The zero-order valence-corrected chi connectivity index (χ0v) is 20.3. The van der Waals surface area contributed by atoms with E-state index in [0.29, 0.717) is 17.1 Å². The molecule has 0 saturated carbocycles. The van der Waals surface area contributed by atoms with E-state index in [1.54, 1.807) is 52.0 Å². The lowest BCUT2D eigenvalue weighted by molar-refractivity contribution is -0.159. The predicted molar refractivity (Wildman–Crippen MR) is 126 cm³/mol. The molecular weight excluding hydrogens is 460 g/mol. The summed E-state index contributed by atoms with van der Waals surface area (Å²) < 4.78 is 15.8. The van der Waals surface area contributed by atoms with Crippen molar-refractivity contribution in [3.63, 3.8) is 0 Å². The Labute approximate surface area is 202 Å². The smallest absolute Gasteiger partial charge is 0.355 e. The van der Waals surface area contributed by atoms with Crippen molar-refractivity contribution in [1.82, 2.24) is 10.2 Å². The van der Waals surface area contributed by atoms with Gasteiger partial charge in [-0.1, -0.05) is 18.2 Å². The Morgan fingerprint density at radius 3 is 2.56 bits per heavy atom. The van der Waals surface area contributed by atoms with Gasteiger partial charge in [0.1, 0.15) is 28.5 Å². The number of esters is 2. The molecule has 0 spiro atoms. The van der Waals surface area contributed by atoms with Gasteiger partial charge in [0, 0.05) is 11.8 Å². The highest BCUT2D eigenvalue weighted by Crippen LogP contribution is 2.41. The summed E-state index contributed by atoms with van der Waals surface area (Å²) in [5.41, 5.74) is -0.250. The molecule has 1 unspecified atom stereocenters. The lowest BCUT2D eigenvalue weighted by Crippen LogP contribution is -2.71. The molecule has 2 aliphatic rings. The molecule has 1 N–H and O–H groups in total. The number of thioether (sulfide) groups is 1. The Hall–Kier alpha value is -3.27. The van der Waals surface area contributed by atoms with E-state index in [1.165, 1.54) is 28.8 Å². The van der Waals surface area contributed by atoms with Crippen molar-refractivity contribution in [2.75, 3.05) is 19.0 Å². The first-order valence-electron chi connectivity index (χ1n) is 10.8. The number of hydrogen-bond donors (Lipinski definition) is 1. The fourth-order valence-corrected chi connectivity index (χ4v) is 4.64. The quantitative estimate of drug-likeness (QED) is 0.337. The maximum absolute atomic E-state index is 13.0. The third-order valence-electron chi connectivity index (χ3n) is 4.73. The molecule has 0 bridgehead atoms. The van der Waals surface area contributed by atoms with Crippen molar-refractivity contribution in [2.45, 2.75) is 44.7 Å². The van der Waals surface area contributed by atoms with E-state index in [9.17, 15) is 19.2 Å². The van der Waals surface area contributed by atoms with Crippen LogP contribution in [0.5, 0.6) is 5.75 Å². The molecule has 2 aliphatic heterocycles. The summed E-state index contributed by atoms with van der Waals surface area (Å²) in [4.78, 5) is 51.4. The number of β-lactam (4-membered cyclic amide) rings is 1. The largest absolute Gasteiger partial charge is 0.484 e. The van der Waals surface area contributed by atoms with Crippen LogP contribution in [0.15, 0.2) is 53.8 Å². The molecule has 182 valence electrons. The Balaban J connectivity index is 1.74. The molecule has 1 aromatic carbocycles. The van der Waals surface area contributed by atoms with Crippen molar-refractivity contribution >= 4 is 35.5 Å². The van der Waals surface area contributed by atoms with Crippen LogP contribution in [-0.2, 0) is 28.7 Å². The monoisotopic (exact) mass is 488 g/mol. The van der Waals surface area contributed by atoms with Crippen LogP contribution in [-0.4, -0.2) is 64.6 Å². The number of amides is 2. The standard InChI is InChI=1S/C24H28N2O7S/c1-5-31-18(28)12-11-15-14-34-22-19(25-17(27)13-32-16-9-7-6-8-10-16)21(29)26(22)20(15)23(30)33-24(2,3)4/h6-12,19,22H,5,13-14H2,1-4H3,(H,25,27)/t19?,22-/m1/s1. The molecule has 1 saturated heterocycles. The highest BCUT2D eigenvalue weighted by molar-refractivity contribution is 8.00. The van der Waals surface area contributed by atoms with E-state index in [1.807, 2.05) is 6.07 Å². The molecule has 1 aromatic rings. The van der Waals surface area contributed by atoms with E-state index in [-0.39, 0.29) is 18.9 Å².